The molecule has 2 aromatic rings. The van der Waals surface area contributed by atoms with Crippen LogP contribution in [-0.2, 0) is 21.2 Å². The first kappa shape index (κ1) is 30.3. The molecule has 3 unspecified atom stereocenters. The van der Waals surface area contributed by atoms with Crippen molar-refractivity contribution in [1.82, 2.24) is 10.0 Å². The van der Waals surface area contributed by atoms with Crippen LogP contribution in [0.2, 0.25) is 0 Å². The Balaban J connectivity index is 2.04. The summed E-state index contributed by atoms with van der Waals surface area (Å²) in [6, 6.07) is 17.8. The van der Waals surface area contributed by atoms with E-state index in [-0.39, 0.29) is 11.3 Å². The van der Waals surface area contributed by atoms with Gasteiger partial charge in [0.15, 0.2) is 11.9 Å². The minimum absolute atomic E-state index is 0.0408. The number of para-hydroxylation sites is 1. The number of benzene rings is 2. The van der Waals surface area contributed by atoms with Crippen LogP contribution in [0.3, 0.4) is 0 Å². The van der Waals surface area contributed by atoms with E-state index in [0.29, 0.717) is 25.0 Å². The van der Waals surface area contributed by atoms with Gasteiger partial charge in [-0.15, -0.1) is 0 Å². The highest BCUT2D eigenvalue weighted by molar-refractivity contribution is 7.89. The third-order valence-electron chi connectivity index (χ3n) is 6.13. The van der Waals surface area contributed by atoms with Crippen LogP contribution >= 0.6 is 0 Å². The average molecular weight is 533 g/mol. The summed E-state index contributed by atoms with van der Waals surface area (Å²) in [6.45, 7) is 7.63. The summed E-state index contributed by atoms with van der Waals surface area (Å²) in [5.74, 6) is -0.531. The topological polar surface area (TPSA) is 122 Å². The van der Waals surface area contributed by atoms with Gasteiger partial charge in [-0.1, -0.05) is 76.2 Å². The van der Waals surface area contributed by atoms with Gasteiger partial charge in [0.2, 0.25) is 10.0 Å². The van der Waals surface area contributed by atoms with E-state index in [9.17, 15) is 23.1 Å². The molecule has 0 aliphatic heterocycles. The number of aryl methyl sites for hydroxylation is 1. The van der Waals surface area contributed by atoms with Crippen LogP contribution in [0, 0.1) is 11.3 Å². The zero-order valence-corrected chi connectivity index (χ0v) is 23.0. The van der Waals surface area contributed by atoms with E-state index in [2.05, 4.69) is 30.8 Å². The number of carbonyl (C=O) groups is 2. The van der Waals surface area contributed by atoms with Crippen LogP contribution in [-0.4, -0.2) is 49.8 Å². The van der Waals surface area contributed by atoms with Gasteiger partial charge >= 0.3 is 6.09 Å². The Bertz CT molecular complexity index is 1080. The maximum Gasteiger partial charge on any atom is 0.404 e. The number of carboxylic acid groups (broad SMARTS) is 1. The zero-order valence-electron chi connectivity index (χ0n) is 22.1. The Morgan fingerprint density at radius 3 is 2.14 bits per heavy atom. The summed E-state index contributed by atoms with van der Waals surface area (Å²) in [4.78, 5) is 24.4. The summed E-state index contributed by atoms with van der Waals surface area (Å²) in [5, 5.41) is 11.6. The molecule has 0 spiro atoms. The van der Waals surface area contributed by atoms with Crippen molar-refractivity contribution in [3.05, 3.63) is 66.2 Å². The van der Waals surface area contributed by atoms with E-state index >= 15 is 0 Å². The van der Waals surface area contributed by atoms with Gasteiger partial charge in [0.05, 0.1) is 18.3 Å². The number of nitrogens with one attached hydrogen (secondary N) is 2. The van der Waals surface area contributed by atoms with Crippen molar-refractivity contribution < 1.29 is 27.9 Å². The fourth-order valence-electron chi connectivity index (χ4n) is 3.85. The molecule has 2 rings (SSSR count). The molecule has 1 amide bonds. The molecule has 0 saturated carbocycles. The van der Waals surface area contributed by atoms with Gasteiger partial charge in [-0.25, -0.2) is 17.9 Å². The zero-order chi connectivity index (χ0) is 27.5. The minimum atomic E-state index is -3.95. The molecular weight excluding hydrogens is 492 g/mol. The quantitative estimate of drug-likeness (QED) is 0.307. The highest BCUT2D eigenvalue weighted by atomic mass is 32.2. The van der Waals surface area contributed by atoms with Gasteiger partial charge in [-0.3, -0.25) is 4.79 Å². The standard InChI is InChI=1S/C28H40N2O6S/c1-21(17-18-28(2,3)4)24(30-27(32)33)20-37(34,35)29-19-25(31)26(36-23-13-9-6-10-14-23)16-15-22-11-7-5-8-12-22/h5-14,21,24,26,29-30H,15-20H2,1-4H3,(H,32,33). The summed E-state index contributed by atoms with van der Waals surface area (Å²) < 4.78 is 34.0. The van der Waals surface area contributed by atoms with E-state index in [0.717, 1.165) is 12.0 Å². The Labute approximate surface area is 220 Å². The highest BCUT2D eigenvalue weighted by Gasteiger charge is 2.28. The van der Waals surface area contributed by atoms with E-state index in [1.165, 1.54) is 0 Å². The predicted molar refractivity (Wildman–Crippen MR) is 145 cm³/mol. The van der Waals surface area contributed by atoms with Crippen molar-refractivity contribution in [2.24, 2.45) is 11.3 Å². The second-order valence-corrected chi connectivity index (χ2v) is 12.5. The first-order valence-electron chi connectivity index (χ1n) is 12.6. The number of ketones is 1. The van der Waals surface area contributed by atoms with Gasteiger partial charge in [0.1, 0.15) is 5.75 Å². The van der Waals surface area contributed by atoms with Gasteiger partial charge < -0.3 is 15.2 Å². The monoisotopic (exact) mass is 532 g/mol. The lowest BCUT2D eigenvalue weighted by molar-refractivity contribution is -0.124. The van der Waals surface area contributed by atoms with Crippen molar-refractivity contribution >= 4 is 21.9 Å². The van der Waals surface area contributed by atoms with E-state index in [4.69, 9.17) is 4.74 Å². The molecule has 3 atom stereocenters. The predicted octanol–water partition coefficient (Wildman–Crippen LogP) is 4.65. The van der Waals surface area contributed by atoms with E-state index in [1.807, 2.05) is 43.3 Å². The number of Topliss-reactive ketones (excluding diaryl/α,β-unsaturated/α-hetero) is 1. The largest absolute Gasteiger partial charge is 0.483 e. The molecule has 0 aliphatic rings. The molecule has 2 aromatic carbocycles. The van der Waals surface area contributed by atoms with Crippen molar-refractivity contribution in [3.63, 3.8) is 0 Å². The SMILES string of the molecule is CC(CCC(C)(C)C)C(CS(=O)(=O)NCC(=O)C(CCc1ccccc1)Oc1ccccc1)NC(=O)O. The van der Waals surface area contributed by atoms with Crippen LogP contribution in [0.15, 0.2) is 60.7 Å². The molecule has 0 heterocycles. The molecule has 8 nitrogen and oxygen atoms in total. The number of carbonyl (C=O) groups excluding carboxylic acids is 1. The minimum Gasteiger partial charge on any atom is -0.483 e. The summed E-state index contributed by atoms with van der Waals surface area (Å²) in [7, 11) is -3.95. The van der Waals surface area contributed by atoms with Crippen LogP contribution < -0.4 is 14.8 Å². The molecule has 0 aromatic heterocycles. The molecule has 0 fully saturated rings. The lowest BCUT2D eigenvalue weighted by Gasteiger charge is -2.27. The highest BCUT2D eigenvalue weighted by Crippen LogP contribution is 2.25. The lowest BCUT2D eigenvalue weighted by Crippen LogP contribution is -2.47. The summed E-state index contributed by atoms with van der Waals surface area (Å²) in [5.41, 5.74) is 1.09. The van der Waals surface area contributed by atoms with E-state index in [1.54, 1.807) is 24.3 Å². The van der Waals surface area contributed by atoms with Crippen molar-refractivity contribution in [2.45, 2.75) is 65.5 Å². The smallest absolute Gasteiger partial charge is 0.404 e. The number of rotatable bonds is 15. The third kappa shape index (κ3) is 12.3. The van der Waals surface area contributed by atoms with Crippen LogP contribution in [0.1, 0.15) is 52.5 Å². The van der Waals surface area contributed by atoms with Crippen LogP contribution in [0.5, 0.6) is 5.75 Å². The number of sulfonamides is 1. The normalized spacial score (nSPS) is 14.4. The molecule has 0 saturated heterocycles. The molecule has 3 N–H and O–H groups in total. The Morgan fingerprint density at radius 1 is 0.973 bits per heavy atom. The molecule has 9 heteroatoms. The Morgan fingerprint density at radius 2 is 1.57 bits per heavy atom. The molecular formula is C28H40N2O6S. The molecule has 0 bridgehead atoms. The fraction of sp³-hybridized carbons (Fsp3) is 0.500. The third-order valence-corrected chi connectivity index (χ3v) is 7.51. The van der Waals surface area contributed by atoms with Gasteiger partial charge in [-0.2, -0.15) is 0 Å². The van der Waals surface area contributed by atoms with Gasteiger partial charge in [0, 0.05) is 0 Å². The average Bonchev–Trinajstić information content (AvgIpc) is 2.83. The number of hydrogen-bond acceptors (Lipinski definition) is 5. The maximum atomic E-state index is 13.1. The second kappa shape index (κ2) is 14.1. The molecule has 37 heavy (non-hydrogen) atoms. The Hall–Kier alpha value is -2.91. The molecule has 0 aliphatic carbocycles. The summed E-state index contributed by atoms with van der Waals surface area (Å²) >= 11 is 0. The summed E-state index contributed by atoms with van der Waals surface area (Å²) in [6.07, 6.45) is 0.326. The van der Waals surface area contributed by atoms with Crippen molar-refractivity contribution in [2.75, 3.05) is 12.3 Å². The van der Waals surface area contributed by atoms with Crippen LogP contribution in [0.4, 0.5) is 4.79 Å². The van der Waals surface area contributed by atoms with Crippen LogP contribution in [0.25, 0.3) is 0 Å². The molecule has 0 radical (unpaired) electrons. The first-order chi connectivity index (χ1) is 17.3. The molecule has 204 valence electrons. The first-order valence-corrected chi connectivity index (χ1v) is 14.2. The van der Waals surface area contributed by atoms with Crippen molar-refractivity contribution in [3.8, 4) is 5.75 Å². The van der Waals surface area contributed by atoms with Gasteiger partial charge in [-0.05, 0) is 54.7 Å². The number of hydrogen-bond donors (Lipinski definition) is 3. The number of ether oxygens (including phenoxy) is 1. The van der Waals surface area contributed by atoms with Gasteiger partial charge in [0.25, 0.3) is 0 Å². The van der Waals surface area contributed by atoms with E-state index < -0.39 is 46.3 Å². The van der Waals surface area contributed by atoms with Crippen molar-refractivity contribution in [1.29, 1.82) is 0 Å². The number of amides is 1. The lowest BCUT2D eigenvalue weighted by atomic mass is 9.85. The Kier molecular flexibility index (Phi) is 11.6. The maximum absolute atomic E-state index is 13.1. The second-order valence-electron chi connectivity index (χ2n) is 10.6. The fourth-order valence-corrected chi connectivity index (χ4v) is 5.21.